The zero-order valence-electron chi connectivity index (χ0n) is 12.2. The fraction of sp³-hybridized carbons (Fsp3) is 0.214. The van der Waals surface area contributed by atoms with Crippen molar-refractivity contribution in [3.8, 4) is 11.3 Å². The minimum atomic E-state index is -5.30. The van der Waals surface area contributed by atoms with Crippen LogP contribution in [0, 0.1) is 6.92 Å². The first kappa shape index (κ1) is 18.0. The van der Waals surface area contributed by atoms with Gasteiger partial charge in [-0.2, -0.15) is 13.2 Å². The summed E-state index contributed by atoms with van der Waals surface area (Å²) in [7, 11) is 0. The van der Waals surface area contributed by atoms with Gasteiger partial charge in [0.1, 0.15) is 0 Å². The average Bonchev–Trinajstić information content (AvgIpc) is 2.48. The lowest BCUT2D eigenvalue weighted by Crippen LogP contribution is -2.52. The van der Waals surface area contributed by atoms with E-state index >= 15 is 0 Å². The molecule has 2 aromatic rings. The van der Waals surface area contributed by atoms with Crippen molar-refractivity contribution in [3.63, 3.8) is 0 Å². The van der Waals surface area contributed by atoms with Crippen molar-refractivity contribution in [2.45, 2.75) is 18.7 Å². The highest BCUT2D eigenvalue weighted by molar-refractivity contribution is 6.31. The van der Waals surface area contributed by atoms with E-state index in [1.54, 1.807) is 6.92 Å². The molecular weight excluding hydrogens is 349 g/mol. The summed E-state index contributed by atoms with van der Waals surface area (Å²) in [6.07, 6.45) is -4.08. The van der Waals surface area contributed by atoms with Crippen LogP contribution in [-0.2, 0) is 10.4 Å². The van der Waals surface area contributed by atoms with Gasteiger partial charge in [-0.15, -0.1) is 0 Å². The van der Waals surface area contributed by atoms with Crippen LogP contribution in [0.4, 0.5) is 19.0 Å². The molecule has 1 amide bonds. The highest BCUT2D eigenvalue weighted by Gasteiger charge is 2.60. The van der Waals surface area contributed by atoms with Crippen molar-refractivity contribution < 1.29 is 23.1 Å². The van der Waals surface area contributed by atoms with E-state index in [2.05, 4.69) is 9.97 Å². The van der Waals surface area contributed by atoms with Crippen molar-refractivity contribution in [1.29, 1.82) is 0 Å². The van der Waals surface area contributed by atoms with E-state index in [-0.39, 0.29) is 22.2 Å². The predicted octanol–water partition coefficient (Wildman–Crippen LogP) is 1.92. The number of carbonyl (C=O) groups excluding carboxylic acids is 1. The van der Waals surface area contributed by atoms with Gasteiger partial charge in [-0.1, -0.05) is 23.7 Å². The first-order chi connectivity index (χ1) is 11.0. The number of hydrogen-bond acceptors (Lipinski definition) is 5. The van der Waals surface area contributed by atoms with Gasteiger partial charge in [-0.05, 0) is 18.6 Å². The number of alkyl halides is 3. The number of rotatable bonds is 3. The number of aliphatic hydroxyl groups is 1. The summed E-state index contributed by atoms with van der Waals surface area (Å²) < 4.78 is 39.5. The first-order valence-electron chi connectivity index (χ1n) is 6.47. The summed E-state index contributed by atoms with van der Waals surface area (Å²) >= 11 is 5.77. The number of aromatic nitrogens is 2. The molecule has 1 heterocycles. The van der Waals surface area contributed by atoms with Crippen LogP contribution in [-0.4, -0.2) is 27.2 Å². The maximum Gasteiger partial charge on any atom is 0.430 e. The van der Waals surface area contributed by atoms with Crippen molar-refractivity contribution >= 4 is 23.3 Å². The first-order valence-corrected chi connectivity index (χ1v) is 6.84. The Morgan fingerprint density at radius 1 is 1.33 bits per heavy atom. The molecule has 0 aliphatic carbocycles. The van der Waals surface area contributed by atoms with Gasteiger partial charge in [0.2, 0.25) is 0 Å². The molecule has 0 aliphatic heterocycles. The Morgan fingerprint density at radius 2 is 1.96 bits per heavy atom. The van der Waals surface area contributed by atoms with Crippen LogP contribution < -0.4 is 11.5 Å². The molecule has 128 valence electrons. The van der Waals surface area contributed by atoms with Gasteiger partial charge in [-0.25, -0.2) is 9.97 Å². The minimum Gasteiger partial charge on any atom is -0.381 e. The van der Waals surface area contributed by atoms with Crippen LogP contribution in [0.15, 0.2) is 24.4 Å². The SMILES string of the molecule is Cc1ccc(C(O)(C(N)=O)C(F)(F)F)cc1-c1cnc(N)c(Cl)n1. The molecule has 0 radical (unpaired) electrons. The van der Waals surface area contributed by atoms with Crippen LogP contribution >= 0.6 is 11.6 Å². The molecule has 24 heavy (non-hydrogen) atoms. The number of benzene rings is 1. The van der Waals surface area contributed by atoms with Crippen molar-refractivity contribution in [3.05, 3.63) is 40.7 Å². The fourth-order valence-electron chi connectivity index (χ4n) is 2.07. The molecular formula is C14H12ClF3N4O2. The number of anilines is 1. The van der Waals surface area contributed by atoms with Gasteiger partial charge >= 0.3 is 6.18 Å². The van der Waals surface area contributed by atoms with E-state index in [9.17, 15) is 23.1 Å². The normalized spacial score (nSPS) is 14.2. The Labute approximate surface area is 139 Å². The van der Waals surface area contributed by atoms with Crippen LogP contribution in [0.5, 0.6) is 0 Å². The number of nitrogens with two attached hydrogens (primary N) is 2. The number of aryl methyl sites for hydroxylation is 1. The smallest absolute Gasteiger partial charge is 0.381 e. The van der Waals surface area contributed by atoms with Gasteiger partial charge in [-0.3, -0.25) is 4.79 Å². The predicted molar refractivity (Wildman–Crippen MR) is 80.8 cm³/mol. The summed E-state index contributed by atoms with van der Waals surface area (Å²) in [6.45, 7) is 1.60. The quantitative estimate of drug-likeness (QED) is 0.773. The van der Waals surface area contributed by atoms with E-state index in [0.717, 1.165) is 12.1 Å². The molecule has 10 heteroatoms. The molecule has 1 aromatic heterocycles. The second kappa shape index (κ2) is 5.91. The van der Waals surface area contributed by atoms with E-state index in [1.807, 2.05) is 0 Å². The molecule has 2 rings (SSSR count). The third-order valence-corrected chi connectivity index (χ3v) is 3.73. The third kappa shape index (κ3) is 2.87. The number of primary amides is 1. The number of carbonyl (C=O) groups is 1. The number of amides is 1. The van der Waals surface area contributed by atoms with Crippen molar-refractivity contribution in [2.24, 2.45) is 5.73 Å². The average molecular weight is 361 g/mol. The van der Waals surface area contributed by atoms with Gasteiger partial charge < -0.3 is 16.6 Å². The van der Waals surface area contributed by atoms with Gasteiger partial charge in [0, 0.05) is 11.1 Å². The van der Waals surface area contributed by atoms with E-state index in [4.69, 9.17) is 23.1 Å². The van der Waals surface area contributed by atoms with Crippen LogP contribution in [0.3, 0.4) is 0 Å². The molecule has 0 bridgehead atoms. The second-order valence-electron chi connectivity index (χ2n) is 5.03. The zero-order chi connectivity index (χ0) is 18.3. The summed E-state index contributed by atoms with van der Waals surface area (Å²) in [5.74, 6) is -1.98. The third-order valence-electron chi connectivity index (χ3n) is 3.45. The van der Waals surface area contributed by atoms with Crippen molar-refractivity contribution in [1.82, 2.24) is 9.97 Å². The fourth-order valence-corrected chi connectivity index (χ4v) is 2.21. The largest absolute Gasteiger partial charge is 0.430 e. The summed E-state index contributed by atoms with van der Waals surface area (Å²) in [6, 6.07) is 3.21. The lowest BCUT2D eigenvalue weighted by atomic mass is 9.89. The molecule has 0 saturated heterocycles. The van der Waals surface area contributed by atoms with Gasteiger partial charge in [0.05, 0.1) is 11.9 Å². The Kier molecular flexibility index (Phi) is 4.42. The molecule has 0 aliphatic rings. The van der Waals surface area contributed by atoms with Gasteiger partial charge in [0.25, 0.3) is 11.5 Å². The summed E-state index contributed by atoms with van der Waals surface area (Å²) in [5, 5.41) is 9.75. The molecule has 6 nitrogen and oxygen atoms in total. The monoisotopic (exact) mass is 360 g/mol. The topological polar surface area (TPSA) is 115 Å². The lowest BCUT2D eigenvalue weighted by molar-refractivity contribution is -0.255. The molecule has 1 atom stereocenters. The summed E-state index contributed by atoms with van der Waals surface area (Å²) in [4.78, 5) is 19.0. The molecule has 0 fully saturated rings. The zero-order valence-corrected chi connectivity index (χ0v) is 13.0. The summed E-state index contributed by atoms with van der Waals surface area (Å²) in [5.41, 5.74) is 6.49. The lowest BCUT2D eigenvalue weighted by Gasteiger charge is -2.28. The van der Waals surface area contributed by atoms with Gasteiger partial charge in [0.15, 0.2) is 11.0 Å². The number of nitrogens with zero attached hydrogens (tertiary/aromatic N) is 2. The van der Waals surface area contributed by atoms with Crippen LogP contribution in [0.1, 0.15) is 11.1 Å². The Balaban J connectivity index is 2.68. The standard InChI is InChI=1S/C14H12ClF3N4O2/c1-6-2-3-7(13(24,12(20)23)14(16,17)18)4-8(6)9-5-21-11(19)10(15)22-9/h2-5,24H,1H3,(H2,19,21)(H2,20,23). The van der Waals surface area contributed by atoms with Crippen LogP contribution in [0.2, 0.25) is 5.15 Å². The van der Waals surface area contributed by atoms with Crippen LogP contribution in [0.25, 0.3) is 11.3 Å². The van der Waals surface area contributed by atoms with E-state index in [1.165, 1.54) is 12.3 Å². The highest BCUT2D eigenvalue weighted by atomic mass is 35.5. The molecule has 1 aromatic carbocycles. The Hall–Kier alpha value is -2.39. The Bertz CT molecular complexity index is 813. The number of hydrogen-bond donors (Lipinski definition) is 3. The second-order valence-corrected chi connectivity index (χ2v) is 5.39. The van der Waals surface area contributed by atoms with Crippen molar-refractivity contribution in [2.75, 3.05) is 5.73 Å². The van der Waals surface area contributed by atoms with E-state index < -0.39 is 23.2 Å². The maximum absolute atomic E-state index is 13.2. The Morgan fingerprint density at radius 3 is 2.46 bits per heavy atom. The highest BCUT2D eigenvalue weighted by Crippen LogP contribution is 2.40. The number of nitrogen functional groups attached to an aromatic ring is 1. The molecule has 0 saturated carbocycles. The molecule has 1 unspecified atom stereocenters. The maximum atomic E-state index is 13.2. The molecule has 5 N–H and O–H groups in total. The minimum absolute atomic E-state index is 0.0434. The van der Waals surface area contributed by atoms with E-state index in [0.29, 0.717) is 5.56 Å². The number of halogens is 4. The molecule has 0 spiro atoms.